The lowest BCUT2D eigenvalue weighted by Gasteiger charge is -2.17. The molecule has 15 heavy (non-hydrogen) atoms. The minimum Gasteiger partial charge on any atom is -0.481 e. The molecule has 0 amide bonds. The maximum atomic E-state index is 10.2. The number of methoxy groups -OCH3 is 1. The number of aliphatic carboxylic acids is 1. The Labute approximate surface area is 87.8 Å². The predicted octanol–water partition coefficient (Wildman–Crippen LogP) is -0.593. The summed E-state index contributed by atoms with van der Waals surface area (Å²) in [6.45, 7) is 3.34. The molecule has 0 bridgehead atoms. The number of aliphatic hydroxyl groups is 2. The van der Waals surface area contributed by atoms with Gasteiger partial charge in [0.1, 0.15) is 5.41 Å². The van der Waals surface area contributed by atoms with Crippen LogP contribution in [-0.4, -0.2) is 47.6 Å². The third-order valence-electron chi connectivity index (χ3n) is 1.58. The quantitative estimate of drug-likeness (QED) is 0.432. The fourth-order valence-corrected chi connectivity index (χ4v) is 0.269. The van der Waals surface area contributed by atoms with Gasteiger partial charge in [-0.1, -0.05) is 6.58 Å². The van der Waals surface area contributed by atoms with Crippen molar-refractivity contribution in [3.8, 4) is 0 Å². The van der Waals surface area contributed by atoms with Crippen molar-refractivity contribution in [1.29, 1.82) is 0 Å². The Kier molecular flexibility index (Phi) is 8.51. The molecule has 0 fully saturated rings. The molecule has 0 aliphatic heterocycles. The Morgan fingerprint density at radius 2 is 1.80 bits per heavy atom. The van der Waals surface area contributed by atoms with E-state index in [4.69, 9.17) is 15.3 Å². The van der Waals surface area contributed by atoms with E-state index >= 15 is 0 Å². The van der Waals surface area contributed by atoms with Crippen molar-refractivity contribution in [1.82, 2.24) is 0 Å². The molecule has 0 unspecified atom stereocenters. The number of ether oxygens (including phenoxy) is 1. The molecule has 0 aromatic rings. The number of hydrogen-bond acceptors (Lipinski definition) is 5. The summed E-state index contributed by atoms with van der Waals surface area (Å²) in [5.41, 5.74) is -1.39. The summed E-state index contributed by atoms with van der Waals surface area (Å²) in [7, 11) is 1.31. The number of hydrogen-bond donors (Lipinski definition) is 3. The van der Waals surface area contributed by atoms with E-state index in [9.17, 15) is 9.59 Å². The number of rotatable bonds is 4. The van der Waals surface area contributed by atoms with Gasteiger partial charge in [-0.15, -0.1) is 0 Å². The maximum absolute atomic E-state index is 10.2. The van der Waals surface area contributed by atoms with Crippen LogP contribution in [0.1, 0.15) is 6.92 Å². The zero-order chi connectivity index (χ0) is 12.5. The second-order valence-electron chi connectivity index (χ2n) is 2.91. The highest BCUT2D eigenvalue weighted by molar-refractivity contribution is 5.80. The smallest absolute Gasteiger partial charge is 0.329 e. The van der Waals surface area contributed by atoms with Crippen molar-refractivity contribution in [3.63, 3.8) is 0 Å². The highest BCUT2D eigenvalue weighted by Gasteiger charge is 2.31. The van der Waals surface area contributed by atoms with Crippen LogP contribution in [0.5, 0.6) is 0 Å². The van der Waals surface area contributed by atoms with Crippen LogP contribution in [0.25, 0.3) is 0 Å². The largest absolute Gasteiger partial charge is 0.481 e. The average Bonchev–Trinajstić information content (AvgIpc) is 2.27. The molecule has 0 aliphatic rings. The molecule has 0 rings (SSSR count). The van der Waals surface area contributed by atoms with Crippen molar-refractivity contribution in [2.45, 2.75) is 6.92 Å². The fourth-order valence-electron chi connectivity index (χ4n) is 0.269. The zero-order valence-electron chi connectivity index (χ0n) is 8.77. The summed E-state index contributed by atoms with van der Waals surface area (Å²) < 4.78 is 4.14. The van der Waals surface area contributed by atoms with E-state index in [-0.39, 0.29) is 0 Å². The minimum absolute atomic E-state index is 0.394. The molecule has 0 radical (unpaired) electrons. The van der Waals surface area contributed by atoms with E-state index in [0.29, 0.717) is 0 Å². The first-order chi connectivity index (χ1) is 6.87. The Morgan fingerprint density at radius 1 is 1.40 bits per heavy atom. The van der Waals surface area contributed by atoms with Gasteiger partial charge < -0.3 is 20.1 Å². The van der Waals surface area contributed by atoms with Crippen molar-refractivity contribution < 1.29 is 29.6 Å². The average molecular weight is 220 g/mol. The lowest BCUT2D eigenvalue weighted by atomic mass is 9.94. The summed E-state index contributed by atoms with van der Waals surface area (Å²) in [5.74, 6) is -1.58. The molecule has 3 N–H and O–H groups in total. The van der Waals surface area contributed by atoms with Gasteiger partial charge in [-0.3, -0.25) is 4.79 Å². The highest BCUT2D eigenvalue weighted by atomic mass is 16.5. The van der Waals surface area contributed by atoms with Gasteiger partial charge in [-0.25, -0.2) is 4.79 Å². The Balaban J connectivity index is 0. The van der Waals surface area contributed by atoms with Crippen molar-refractivity contribution in [3.05, 3.63) is 12.7 Å². The van der Waals surface area contributed by atoms with Gasteiger partial charge in [0.25, 0.3) is 0 Å². The second-order valence-corrected chi connectivity index (χ2v) is 2.91. The number of carboxylic acid groups (broad SMARTS) is 1. The van der Waals surface area contributed by atoms with Gasteiger partial charge in [0, 0.05) is 6.08 Å². The number of carbonyl (C=O) groups is 2. The summed E-state index contributed by atoms with van der Waals surface area (Å²) >= 11 is 0. The van der Waals surface area contributed by atoms with Gasteiger partial charge in [-0.2, -0.15) is 0 Å². The van der Waals surface area contributed by atoms with Crippen LogP contribution in [0.2, 0.25) is 0 Å². The summed E-state index contributed by atoms with van der Waals surface area (Å²) in [6, 6.07) is 0. The Hall–Kier alpha value is -1.40. The number of aliphatic hydroxyl groups excluding tert-OH is 2. The molecule has 6 nitrogen and oxygen atoms in total. The van der Waals surface area contributed by atoms with Crippen LogP contribution in [0.4, 0.5) is 0 Å². The summed E-state index contributed by atoms with van der Waals surface area (Å²) in [4.78, 5) is 20.0. The molecule has 0 spiro atoms. The predicted molar refractivity (Wildman–Crippen MR) is 52.1 cm³/mol. The van der Waals surface area contributed by atoms with Crippen LogP contribution in [0, 0.1) is 5.41 Å². The van der Waals surface area contributed by atoms with E-state index in [1.54, 1.807) is 0 Å². The number of carboxylic acids is 1. The molecule has 0 atom stereocenters. The van der Waals surface area contributed by atoms with Crippen LogP contribution >= 0.6 is 0 Å². The Bertz CT molecular complexity index is 219. The van der Waals surface area contributed by atoms with Crippen LogP contribution in [0.3, 0.4) is 0 Å². The van der Waals surface area contributed by atoms with E-state index < -0.39 is 30.6 Å². The second kappa shape index (κ2) is 7.95. The summed E-state index contributed by atoms with van der Waals surface area (Å²) in [5, 5.41) is 25.1. The van der Waals surface area contributed by atoms with Crippen LogP contribution in [0.15, 0.2) is 12.7 Å². The molecular weight excluding hydrogens is 204 g/mol. The van der Waals surface area contributed by atoms with Gasteiger partial charge in [0.05, 0.1) is 20.3 Å². The molecular formula is C9H16O6. The normalized spacial score (nSPS) is 9.60. The zero-order valence-corrected chi connectivity index (χ0v) is 8.77. The first kappa shape index (κ1) is 16.0. The lowest BCUT2D eigenvalue weighted by molar-refractivity contribution is -0.152. The molecule has 0 aliphatic carbocycles. The molecule has 6 heteroatoms. The van der Waals surface area contributed by atoms with Gasteiger partial charge >= 0.3 is 11.9 Å². The van der Waals surface area contributed by atoms with E-state index in [1.165, 1.54) is 14.0 Å². The summed E-state index contributed by atoms with van der Waals surface area (Å²) in [6.07, 6.45) is 1.11. The highest BCUT2D eigenvalue weighted by Crippen LogP contribution is 2.12. The van der Waals surface area contributed by atoms with Gasteiger partial charge in [0.2, 0.25) is 0 Å². The fraction of sp³-hybridized carbons (Fsp3) is 0.556. The van der Waals surface area contributed by atoms with Crippen molar-refractivity contribution >= 4 is 11.9 Å². The lowest BCUT2D eigenvalue weighted by Crippen LogP contribution is -2.35. The van der Waals surface area contributed by atoms with E-state index in [1.807, 2.05) is 0 Å². The monoisotopic (exact) mass is 220 g/mol. The van der Waals surface area contributed by atoms with E-state index in [0.717, 1.165) is 6.08 Å². The molecule has 0 saturated carbocycles. The third kappa shape index (κ3) is 6.64. The Morgan fingerprint density at radius 3 is 1.80 bits per heavy atom. The SMILES string of the molecule is C=CC(=O)OC.CC(CO)(CO)C(=O)O. The van der Waals surface area contributed by atoms with E-state index in [2.05, 4.69) is 11.3 Å². The molecule has 0 saturated heterocycles. The first-order valence-corrected chi connectivity index (χ1v) is 4.03. The standard InChI is InChI=1S/C5H10O4.C4H6O2/c1-5(2-6,3-7)4(8)9;1-3-4(5)6-2/h6-7H,2-3H2,1H3,(H,8,9);3H,1H2,2H3. The van der Waals surface area contributed by atoms with Crippen LogP contribution < -0.4 is 0 Å². The number of carbonyl (C=O) groups excluding carboxylic acids is 1. The molecule has 0 aromatic carbocycles. The number of esters is 1. The molecule has 88 valence electrons. The maximum Gasteiger partial charge on any atom is 0.329 e. The van der Waals surface area contributed by atoms with Gasteiger partial charge in [-0.05, 0) is 6.92 Å². The molecule has 0 aromatic heterocycles. The van der Waals surface area contributed by atoms with Gasteiger partial charge in [0.15, 0.2) is 0 Å². The topological polar surface area (TPSA) is 104 Å². The molecule has 0 heterocycles. The minimum atomic E-state index is -1.39. The van der Waals surface area contributed by atoms with Crippen molar-refractivity contribution in [2.75, 3.05) is 20.3 Å². The van der Waals surface area contributed by atoms with Crippen molar-refractivity contribution in [2.24, 2.45) is 5.41 Å². The van der Waals surface area contributed by atoms with Crippen LogP contribution in [-0.2, 0) is 14.3 Å². The first-order valence-electron chi connectivity index (χ1n) is 4.03. The third-order valence-corrected chi connectivity index (χ3v) is 1.58.